The van der Waals surface area contributed by atoms with Crippen LogP contribution in [0, 0.1) is 28.1 Å². The Morgan fingerprint density at radius 3 is 2.34 bits per heavy atom. The standard InChI is InChI=1S/C27H36O5/c1-17(9-7-15-28)8-6-10-18(2)23-19(29)16-21-25(3)14-12-22(30)27(5,24(31)32)20(25)11-13-26(21,23)4/h6-10,15,20-22,30H,11-14,16H2,1-5H3,(H,31,32)/b9-7+,10-6+,17-8+,23-18+/t20-,21+,22-,25+,26+,27-/m1/s1. The molecule has 3 aliphatic rings. The predicted octanol–water partition coefficient (Wildman–Crippen LogP) is 4.82. The molecule has 174 valence electrons. The molecule has 3 saturated carbocycles. The number of Topliss-reactive ketones (excluding diaryl/α,β-unsaturated/α-hetero) is 1. The summed E-state index contributed by atoms with van der Waals surface area (Å²) in [5, 5.41) is 20.7. The summed E-state index contributed by atoms with van der Waals surface area (Å²) in [6.07, 6.45) is 11.9. The predicted molar refractivity (Wildman–Crippen MR) is 124 cm³/mol. The monoisotopic (exact) mass is 440 g/mol. The summed E-state index contributed by atoms with van der Waals surface area (Å²) >= 11 is 0. The van der Waals surface area contributed by atoms with Crippen LogP contribution < -0.4 is 0 Å². The van der Waals surface area contributed by atoms with Gasteiger partial charge in [-0.1, -0.05) is 43.7 Å². The second kappa shape index (κ2) is 8.58. The fourth-order valence-electron chi connectivity index (χ4n) is 7.23. The molecule has 5 nitrogen and oxygen atoms in total. The number of aldehydes is 1. The number of aliphatic hydroxyl groups excluding tert-OH is 1. The molecule has 0 aromatic rings. The van der Waals surface area contributed by atoms with Crippen molar-refractivity contribution in [2.24, 2.45) is 28.1 Å². The summed E-state index contributed by atoms with van der Waals surface area (Å²) in [6, 6.07) is 0. The molecule has 32 heavy (non-hydrogen) atoms. The van der Waals surface area contributed by atoms with Crippen molar-refractivity contribution in [2.75, 3.05) is 0 Å². The summed E-state index contributed by atoms with van der Waals surface area (Å²) < 4.78 is 0. The van der Waals surface area contributed by atoms with Crippen LogP contribution >= 0.6 is 0 Å². The van der Waals surface area contributed by atoms with Crippen molar-refractivity contribution < 1.29 is 24.6 Å². The van der Waals surface area contributed by atoms with E-state index < -0.39 is 17.5 Å². The van der Waals surface area contributed by atoms with Crippen molar-refractivity contribution in [3.05, 3.63) is 47.1 Å². The first-order valence-corrected chi connectivity index (χ1v) is 11.6. The van der Waals surface area contributed by atoms with Crippen LogP contribution in [0.2, 0.25) is 0 Å². The number of carboxylic acid groups (broad SMARTS) is 1. The molecule has 5 heteroatoms. The van der Waals surface area contributed by atoms with Gasteiger partial charge in [-0.05, 0) is 75.4 Å². The lowest BCUT2D eigenvalue weighted by Crippen LogP contribution is -2.61. The molecule has 0 aromatic carbocycles. The van der Waals surface area contributed by atoms with E-state index in [0.29, 0.717) is 19.3 Å². The largest absolute Gasteiger partial charge is 0.481 e. The maximum Gasteiger partial charge on any atom is 0.312 e. The van der Waals surface area contributed by atoms with E-state index in [-0.39, 0.29) is 28.4 Å². The fourth-order valence-corrected chi connectivity index (χ4v) is 7.23. The average molecular weight is 441 g/mol. The smallest absolute Gasteiger partial charge is 0.312 e. The number of hydrogen-bond donors (Lipinski definition) is 2. The van der Waals surface area contributed by atoms with Gasteiger partial charge in [0, 0.05) is 17.4 Å². The highest BCUT2D eigenvalue weighted by molar-refractivity contribution is 6.01. The SMILES string of the molecule is CC(/C=C/C=C(C)/C=C/C=O)=C1/C(=O)C[C@H]2[C@@]3(C)CC[C@@H](O)[C@](C)(C(=O)O)[C@@H]3CC[C@]12C. The first kappa shape index (κ1) is 24.4. The van der Waals surface area contributed by atoms with Crippen LogP contribution in [-0.4, -0.2) is 34.4 Å². The van der Waals surface area contributed by atoms with E-state index in [1.165, 1.54) is 6.08 Å². The van der Waals surface area contributed by atoms with Gasteiger partial charge in [-0.25, -0.2) is 0 Å². The Kier molecular flexibility index (Phi) is 6.54. The van der Waals surface area contributed by atoms with Crippen LogP contribution in [0.1, 0.15) is 66.7 Å². The van der Waals surface area contributed by atoms with Gasteiger partial charge in [0.15, 0.2) is 5.78 Å². The minimum Gasteiger partial charge on any atom is -0.481 e. The molecule has 0 heterocycles. The highest BCUT2D eigenvalue weighted by Crippen LogP contribution is 2.69. The van der Waals surface area contributed by atoms with E-state index in [2.05, 4.69) is 13.8 Å². The molecule has 0 aliphatic heterocycles. The normalized spacial score (nSPS) is 41.6. The number of fused-ring (bicyclic) bond motifs is 3. The third kappa shape index (κ3) is 3.64. The van der Waals surface area contributed by atoms with Crippen LogP contribution in [-0.2, 0) is 14.4 Å². The molecule has 2 N–H and O–H groups in total. The van der Waals surface area contributed by atoms with Gasteiger partial charge in [-0.3, -0.25) is 14.4 Å². The van der Waals surface area contributed by atoms with Gasteiger partial charge < -0.3 is 10.2 Å². The zero-order valence-corrected chi connectivity index (χ0v) is 19.9. The van der Waals surface area contributed by atoms with Gasteiger partial charge >= 0.3 is 5.97 Å². The second-order valence-corrected chi connectivity index (χ2v) is 10.7. The summed E-state index contributed by atoms with van der Waals surface area (Å²) in [6.45, 7) is 9.90. The molecule has 6 atom stereocenters. The molecule has 3 rings (SSSR count). The molecule has 0 unspecified atom stereocenters. The lowest BCUT2D eigenvalue weighted by Gasteiger charge is -2.61. The lowest BCUT2D eigenvalue weighted by molar-refractivity contribution is -0.194. The number of carbonyl (C=O) groups is 3. The summed E-state index contributed by atoms with van der Waals surface area (Å²) in [5.41, 5.74) is 0.967. The Hall–Kier alpha value is -2.27. The maximum absolute atomic E-state index is 13.3. The molecular formula is C27H36O5. The molecule has 0 aromatic heterocycles. The first-order valence-electron chi connectivity index (χ1n) is 11.6. The first-order chi connectivity index (χ1) is 14.9. The van der Waals surface area contributed by atoms with Crippen molar-refractivity contribution >= 4 is 18.0 Å². The Bertz CT molecular complexity index is 938. The van der Waals surface area contributed by atoms with E-state index in [9.17, 15) is 24.6 Å². The number of aliphatic carboxylic acids is 1. The van der Waals surface area contributed by atoms with Gasteiger partial charge in [0.25, 0.3) is 0 Å². The van der Waals surface area contributed by atoms with Crippen molar-refractivity contribution in [1.29, 1.82) is 0 Å². The zero-order chi connectivity index (χ0) is 23.9. The minimum atomic E-state index is -1.18. The third-order valence-electron chi connectivity index (χ3n) is 8.92. The quantitative estimate of drug-likeness (QED) is 0.363. The molecule has 0 saturated heterocycles. The highest BCUT2D eigenvalue weighted by Gasteiger charge is 2.67. The Labute approximate surface area is 191 Å². The fraction of sp³-hybridized carbons (Fsp3) is 0.593. The maximum atomic E-state index is 13.3. The average Bonchev–Trinajstić information content (AvgIpc) is 3.00. The van der Waals surface area contributed by atoms with E-state index in [1.807, 2.05) is 32.1 Å². The number of carbonyl (C=O) groups excluding carboxylic acids is 2. The molecule has 0 bridgehead atoms. The number of allylic oxidation sites excluding steroid dienone is 8. The molecule has 0 spiro atoms. The number of ketones is 1. The molecule has 3 fully saturated rings. The topological polar surface area (TPSA) is 91.7 Å². The van der Waals surface area contributed by atoms with Gasteiger partial charge in [-0.15, -0.1) is 0 Å². The van der Waals surface area contributed by atoms with E-state index in [0.717, 1.165) is 35.8 Å². The van der Waals surface area contributed by atoms with E-state index in [4.69, 9.17) is 0 Å². The van der Waals surface area contributed by atoms with Gasteiger partial charge in [0.1, 0.15) is 6.29 Å². The van der Waals surface area contributed by atoms with Crippen molar-refractivity contribution in [1.82, 2.24) is 0 Å². The van der Waals surface area contributed by atoms with Crippen molar-refractivity contribution in [3.8, 4) is 0 Å². The second-order valence-electron chi connectivity index (χ2n) is 10.7. The molecule has 3 aliphatic carbocycles. The van der Waals surface area contributed by atoms with Crippen LogP contribution in [0.3, 0.4) is 0 Å². The number of carboxylic acids is 1. The van der Waals surface area contributed by atoms with Crippen molar-refractivity contribution in [2.45, 2.75) is 72.8 Å². The van der Waals surface area contributed by atoms with Gasteiger partial charge in [0.2, 0.25) is 0 Å². The van der Waals surface area contributed by atoms with Crippen LogP contribution in [0.4, 0.5) is 0 Å². The van der Waals surface area contributed by atoms with Gasteiger partial charge in [0.05, 0.1) is 11.5 Å². The Morgan fingerprint density at radius 2 is 1.72 bits per heavy atom. The van der Waals surface area contributed by atoms with Crippen molar-refractivity contribution in [3.63, 3.8) is 0 Å². The number of aliphatic hydroxyl groups is 1. The molecule has 0 radical (unpaired) electrons. The molecule has 0 amide bonds. The van der Waals surface area contributed by atoms with Crippen LogP contribution in [0.15, 0.2) is 47.1 Å². The lowest BCUT2D eigenvalue weighted by atomic mass is 9.43. The Morgan fingerprint density at radius 1 is 1.03 bits per heavy atom. The summed E-state index contributed by atoms with van der Waals surface area (Å²) in [5.74, 6) is -0.869. The van der Waals surface area contributed by atoms with Crippen LogP contribution in [0.5, 0.6) is 0 Å². The van der Waals surface area contributed by atoms with Gasteiger partial charge in [-0.2, -0.15) is 0 Å². The summed E-state index contributed by atoms with van der Waals surface area (Å²) in [4.78, 5) is 36.0. The number of hydrogen-bond acceptors (Lipinski definition) is 4. The Balaban J connectivity index is 1.98. The van der Waals surface area contributed by atoms with E-state index in [1.54, 1.807) is 13.0 Å². The summed E-state index contributed by atoms with van der Waals surface area (Å²) in [7, 11) is 0. The minimum absolute atomic E-state index is 0.0681. The van der Waals surface area contributed by atoms with Crippen LogP contribution in [0.25, 0.3) is 0 Å². The highest BCUT2D eigenvalue weighted by atomic mass is 16.4. The zero-order valence-electron chi connectivity index (χ0n) is 19.9. The van der Waals surface area contributed by atoms with E-state index >= 15 is 0 Å². The third-order valence-corrected chi connectivity index (χ3v) is 8.92. The number of rotatable bonds is 5. The molecular weight excluding hydrogens is 404 g/mol.